The number of nitrogens with two attached hydrogens (primary N) is 1. The number of hydrogen-bond acceptors (Lipinski definition) is 5. The van der Waals surface area contributed by atoms with Crippen molar-refractivity contribution in [2.24, 2.45) is 5.73 Å². The van der Waals surface area contributed by atoms with Crippen LogP contribution in [0.25, 0.3) is 0 Å². The highest BCUT2D eigenvalue weighted by atomic mass is 16.5. The van der Waals surface area contributed by atoms with Gasteiger partial charge in [-0.05, 0) is 11.6 Å². The van der Waals surface area contributed by atoms with E-state index in [9.17, 15) is 0 Å². The third kappa shape index (κ3) is 2.70. The average molecular weight is 230 g/mol. The smallest absolute Gasteiger partial charge is 0.233 e. The SMILES string of the molecule is COc1cncc(Nc2ccccc2CN)n1. The molecule has 1 aromatic heterocycles. The summed E-state index contributed by atoms with van der Waals surface area (Å²) in [5.74, 6) is 1.10. The van der Waals surface area contributed by atoms with E-state index in [1.54, 1.807) is 19.5 Å². The van der Waals surface area contributed by atoms with Crippen LogP contribution in [-0.4, -0.2) is 17.1 Å². The molecule has 0 saturated carbocycles. The lowest BCUT2D eigenvalue weighted by molar-refractivity contribution is 0.396. The number of methoxy groups -OCH3 is 1. The fraction of sp³-hybridized carbons (Fsp3) is 0.167. The number of hydrogen-bond donors (Lipinski definition) is 2. The van der Waals surface area contributed by atoms with E-state index < -0.39 is 0 Å². The molecule has 0 atom stereocenters. The topological polar surface area (TPSA) is 73.1 Å². The Morgan fingerprint density at radius 2 is 2.12 bits per heavy atom. The molecule has 0 bridgehead atoms. The molecule has 5 nitrogen and oxygen atoms in total. The van der Waals surface area contributed by atoms with Gasteiger partial charge in [-0.25, -0.2) is 0 Å². The quantitative estimate of drug-likeness (QED) is 0.836. The molecule has 0 radical (unpaired) electrons. The van der Waals surface area contributed by atoms with Gasteiger partial charge in [0, 0.05) is 12.2 Å². The van der Waals surface area contributed by atoms with Crippen LogP contribution in [-0.2, 0) is 6.54 Å². The molecule has 0 aliphatic carbocycles. The lowest BCUT2D eigenvalue weighted by Gasteiger charge is -2.10. The number of nitrogens with zero attached hydrogens (tertiary/aromatic N) is 2. The molecule has 2 aromatic rings. The van der Waals surface area contributed by atoms with Crippen molar-refractivity contribution >= 4 is 11.5 Å². The normalized spacial score (nSPS) is 10.0. The molecule has 0 amide bonds. The van der Waals surface area contributed by atoms with E-state index in [0.29, 0.717) is 18.2 Å². The summed E-state index contributed by atoms with van der Waals surface area (Å²) in [6.07, 6.45) is 3.19. The predicted octanol–water partition coefficient (Wildman–Crippen LogP) is 1.69. The van der Waals surface area contributed by atoms with Gasteiger partial charge in [-0.15, -0.1) is 0 Å². The standard InChI is InChI=1S/C12H14N4O/c1-17-12-8-14-7-11(16-12)15-10-5-3-2-4-9(10)6-13/h2-5,7-8H,6,13H2,1H3,(H,15,16). The van der Waals surface area contributed by atoms with Crippen LogP contribution in [0.5, 0.6) is 5.88 Å². The summed E-state index contributed by atoms with van der Waals surface area (Å²) >= 11 is 0. The molecule has 0 aliphatic rings. The summed E-state index contributed by atoms with van der Waals surface area (Å²) in [6.45, 7) is 0.473. The largest absolute Gasteiger partial charge is 0.480 e. The molecule has 2 rings (SSSR count). The maximum Gasteiger partial charge on any atom is 0.233 e. The summed E-state index contributed by atoms with van der Waals surface area (Å²) in [7, 11) is 1.56. The second-order valence-electron chi connectivity index (χ2n) is 3.43. The predicted molar refractivity (Wildman–Crippen MR) is 66.2 cm³/mol. The van der Waals surface area contributed by atoms with Crippen molar-refractivity contribution in [2.45, 2.75) is 6.54 Å². The number of benzene rings is 1. The minimum atomic E-state index is 0.472. The van der Waals surface area contributed by atoms with Crippen LogP contribution in [0.15, 0.2) is 36.7 Å². The van der Waals surface area contributed by atoms with Crippen LogP contribution in [0.3, 0.4) is 0 Å². The fourth-order valence-corrected chi connectivity index (χ4v) is 1.46. The van der Waals surface area contributed by atoms with Gasteiger partial charge in [0.1, 0.15) is 0 Å². The highest BCUT2D eigenvalue weighted by molar-refractivity contribution is 5.60. The molecule has 0 aliphatic heterocycles. The molecular formula is C12H14N4O. The molecule has 0 unspecified atom stereocenters. The van der Waals surface area contributed by atoms with Crippen molar-refractivity contribution in [3.8, 4) is 5.88 Å². The second kappa shape index (κ2) is 5.27. The highest BCUT2D eigenvalue weighted by Crippen LogP contribution is 2.19. The van der Waals surface area contributed by atoms with E-state index in [1.807, 2.05) is 24.3 Å². The van der Waals surface area contributed by atoms with Gasteiger partial charge in [0.15, 0.2) is 5.82 Å². The van der Waals surface area contributed by atoms with Crippen LogP contribution in [0, 0.1) is 0 Å². The van der Waals surface area contributed by atoms with Crippen LogP contribution < -0.4 is 15.8 Å². The number of para-hydroxylation sites is 1. The van der Waals surface area contributed by atoms with Crippen LogP contribution in [0.2, 0.25) is 0 Å². The van der Waals surface area contributed by atoms with Gasteiger partial charge in [0.2, 0.25) is 5.88 Å². The van der Waals surface area contributed by atoms with E-state index in [-0.39, 0.29) is 0 Å². The Bertz CT molecular complexity index is 501. The Labute approximate surface area is 99.7 Å². The maximum absolute atomic E-state index is 5.66. The summed E-state index contributed by atoms with van der Waals surface area (Å²) < 4.78 is 5.01. The zero-order valence-electron chi connectivity index (χ0n) is 9.55. The molecule has 3 N–H and O–H groups in total. The zero-order valence-corrected chi connectivity index (χ0v) is 9.55. The number of nitrogens with one attached hydrogen (secondary N) is 1. The molecule has 1 aromatic carbocycles. The monoisotopic (exact) mass is 230 g/mol. The van der Waals surface area contributed by atoms with E-state index in [0.717, 1.165) is 11.3 Å². The molecular weight excluding hydrogens is 216 g/mol. The summed E-state index contributed by atoms with van der Waals surface area (Å²) in [6, 6.07) is 7.80. The Morgan fingerprint density at radius 1 is 1.29 bits per heavy atom. The number of aromatic nitrogens is 2. The van der Waals surface area contributed by atoms with Crippen LogP contribution in [0.4, 0.5) is 11.5 Å². The molecule has 0 saturated heterocycles. The number of rotatable bonds is 4. The van der Waals surface area contributed by atoms with Gasteiger partial charge in [0.25, 0.3) is 0 Å². The van der Waals surface area contributed by atoms with Gasteiger partial charge >= 0.3 is 0 Å². The third-order valence-electron chi connectivity index (χ3n) is 2.32. The van der Waals surface area contributed by atoms with Gasteiger partial charge in [-0.2, -0.15) is 4.98 Å². The molecule has 88 valence electrons. The molecule has 0 fully saturated rings. The van der Waals surface area contributed by atoms with E-state index in [1.165, 1.54) is 0 Å². The fourth-order valence-electron chi connectivity index (χ4n) is 1.46. The Kier molecular flexibility index (Phi) is 3.52. The van der Waals surface area contributed by atoms with Crippen molar-refractivity contribution in [1.82, 2.24) is 9.97 Å². The minimum absolute atomic E-state index is 0.472. The van der Waals surface area contributed by atoms with Gasteiger partial charge < -0.3 is 15.8 Å². The van der Waals surface area contributed by atoms with Gasteiger partial charge in [-0.1, -0.05) is 18.2 Å². The van der Waals surface area contributed by atoms with Crippen molar-refractivity contribution in [1.29, 1.82) is 0 Å². The first-order valence-electron chi connectivity index (χ1n) is 5.24. The summed E-state index contributed by atoms with van der Waals surface area (Å²) in [5, 5.41) is 3.16. The van der Waals surface area contributed by atoms with Crippen molar-refractivity contribution in [3.63, 3.8) is 0 Å². The Morgan fingerprint density at radius 3 is 2.88 bits per heavy atom. The number of ether oxygens (including phenoxy) is 1. The number of anilines is 2. The third-order valence-corrected chi connectivity index (χ3v) is 2.32. The Balaban J connectivity index is 2.24. The first kappa shape index (κ1) is 11.3. The molecule has 5 heteroatoms. The average Bonchev–Trinajstić information content (AvgIpc) is 2.39. The minimum Gasteiger partial charge on any atom is -0.480 e. The van der Waals surface area contributed by atoms with Crippen LogP contribution >= 0.6 is 0 Å². The van der Waals surface area contributed by atoms with Gasteiger partial charge in [0.05, 0.1) is 19.5 Å². The lowest BCUT2D eigenvalue weighted by Crippen LogP contribution is -2.03. The van der Waals surface area contributed by atoms with Gasteiger partial charge in [-0.3, -0.25) is 4.98 Å². The first-order chi connectivity index (χ1) is 8.33. The summed E-state index contributed by atoms with van der Waals surface area (Å²) in [4.78, 5) is 8.25. The van der Waals surface area contributed by atoms with Crippen molar-refractivity contribution < 1.29 is 4.74 Å². The maximum atomic E-state index is 5.66. The van der Waals surface area contributed by atoms with E-state index >= 15 is 0 Å². The lowest BCUT2D eigenvalue weighted by atomic mass is 10.2. The first-order valence-corrected chi connectivity index (χ1v) is 5.24. The van der Waals surface area contributed by atoms with Crippen molar-refractivity contribution in [2.75, 3.05) is 12.4 Å². The van der Waals surface area contributed by atoms with Crippen LogP contribution in [0.1, 0.15) is 5.56 Å². The molecule has 17 heavy (non-hydrogen) atoms. The highest BCUT2D eigenvalue weighted by Gasteiger charge is 2.02. The second-order valence-corrected chi connectivity index (χ2v) is 3.43. The Hall–Kier alpha value is -2.14. The zero-order chi connectivity index (χ0) is 12.1. The summed E-state index contributed by atoms with van der Waals surface area (Å²) in [5.41, 5.74) is 7.61. The van der Waals surface area contributed by atoms with E-state index in [4.69, 9.17) is 10.5 Å². The van der Waals surface area contributed by atoms with Crippen molar-refractivity contribution in [3.05, 3.63) is 42.2 Å². The van der Waals surface area contributed by atoms with E-state index in [2.05, 4.69) is 15.3 Å². The molecule has 1 heterocycles. The molecule has 0 spiro atoms.